The molecule has 1 unspecified atom stereocenters. The molecule has 3 N–H and O–H groups in total. The molecule has 5 nitrogen and oxygen atoms in total. The Bertz CT molecular complexity index is 560. The highest BCUT2D eigenvalue weighted by atomic mass is 35.5. The van der Waals surface area contributed by atoms with E-state index in [1.807, 2.05) is 0 Å². The van der Waals surface area contributed by atoms with Gasteiger partial charge in [0, 0.05) is 17.3 Å². The van der Waals surface area contributed by atoms with Gasteiger partial charge in [-0.25, -0.2) is 8.42 Å². The van der Waals surface area contributed by atoms with Crippen LogP contribution >= 0.6 is 12.4 Å². The Balaban J connectivity index is 0.00000180. The average molecular weight is 305 g/mol. The summed E-state index contributed by atoms with van der Waals surface area (Å²) >= 11 is 0. The molecule has 1 aromatic rings. The molecule has 1 aliphatic rings. The lowest BCUT2D eigenvalue weighted by molar-refractivity contribution is 0.0938. The van der Waals surface area contributed by atoms with Crippen LogP contribution in [0.5, 0.6) is 0 Å². The minimum Gasteiger partial charge on any atom is -0.399 e. The van der Waals surface area contributed by atoms with Crippen molar-refractivity contribution in [3.05, 3.63) is 29.8 Å². The van der Waals surface area contributed by atoms with Crippen LogP contribution in [0.3, 0.4) is 0 Å². The number of carbonyl (C=O) groups is 1. The summed E-state index contributed by atoms with van der Waals surface area (Å²) in [6.45, 7) is 0. The quantitative estimate of drug-likeness (QED) is 0.798. The van der Waals surface area contributed by atoms with Crippen molar-refractivity contribution in [3.8, 4) is 0 Å². The van der Waals surface area contributed by atoms with Crippen molar-refractivity contribution in [2.24, 2.45) is 0 Å². The molecule has 1 saturated heterocycles. The second kappa shape index (κ2) is 6.25. The standard InChI is InChI=1S/C12H16N2O3S.ClH/c13-10-4-1-3-9(7-10)12(15)14-11-5-2-6-18(16,17)8-11;/h1,3-4,7,11H,2,5-6,8,13H2,(H,14,15);1H. The fraction of sp³-hybridized carbons (Fsp3) is 0.417. The van der Waals surface area contributed by atoms with Crippen LogP contribution in [-0.2, 0) is 9.84 Å². The van der Waals surface area contributed by atoms with E-state index in [1.54, 1.807) is 24.3 Å². The lowest BCUT2D eigenvalue weighted by Crippen LogP contribution is -2.43. The van der Waals surface area contributed by atoms with Gasteiger partial charge in [-0.3, -0.25) is 4.79 Å². The molecule has 1 amide bonds. The summed E-state index contributed by atoms with van der Waals surface area (Å²) < 4.78 is 22.9. The zero-order valence-corrected chi connectivity index (χ0v) is 12.0. The summed E-state index contributed by atoms with van der Waals surface area (Å²) in [6, 6.07) is 6.33. The first-order valence-corrected chi connectivity index (χ1v) is 7.65. The van der Waals surface area contributed by atoms with Gasteiger partial charge < -0.3 is 11.1 Å². The number of hydrogen-bond donors (Lipinski definition) is 2. The molecule has 1 heterocycles. The average Bonchev–Trinajstić information content (AvgIpc) is 2.27. The highest BCUT2D eigenvalue weighted by Gasteiger charge is 2.26. The molecule has 1 atom stereocenters. The van der Waals surface area contributed by atoms with E-state index in [-0.39, 0.29) is 35.9 Å². The first kappa shape index (κ1) is 15.8. The second-order valence-electron chi connectivity index (χ2n) is 4.55. The molecule has 1 aromatic carbocycles. The predicted octanol–water partition coefficient (Wildman–Crippen LogP) is 0.998. The van der Waals surface area contributed by atoms with E-state index in [2.05, 4.69) is 5.32 Å². The maximum Gasteiger partial charge on any atom is 0.251 e. The van der Waals surface area contributed by atoms with Gasteiger partial charge in [-0.1, -0.05) is 6.07 Å². The van der Waals surface area contributed by atoms with Gasteiger partial charge in [-0.2, -0.15) is 0 Å². The third kappa shape index (κ3) is 4.40. The monoisotopic (exact) mass is 304 g/mol. The zero-order valence-electron chi connectivity index (χ0n) is 10.3. The number of halogens is 1. The highest BCUT2D eigenvalue weighted by Crippen LogP contribution is 2.13. The van der Waals surface area contributed by atoms with Crippen LogP contribution in [0.15, 0.2) is 24.3 Å². The second-order valence-corrected chi connectivity index (χ2v) is 6.78. The molecule has 106 valence electrons. The number of amides is 1. The van der Waals surface area contributed by atoms with E-state index in [4.69, 9.17) is 5.73 Å². The molecule has 0 bridgehead atoms. The van der Waals surface area contributed by atoms with E-state index in [1.165, 1.54) is 0 Å². The number of nitrogen functional groups attached to an aromatic ring is 1. The maximum atomic E-state index is 11.9. The molecule has 0 aromatic heterocycles. The first-order valence-electron chi connectivity index (χ1n) is 5.83. The summed E-state index contributed by atoms with van der Waals surface area (Å²) in [5.74, 6) is -0.0250. The van der Waals surface area contributed by atoms with E-state index in [9.17, 15) is 13.2 Å². The Morgan fingerprint density at radius 3 is 2.74 bits per heavy atom. The van der Waals surface area contributed by atoms with Gasteiger partial charge in [0.25, 0.3) is 5.91 Å². The van der Waals surface area contributed by atoms with Crippen molar-refractivity contribution in [1.82, 2.24) is 5.32 Å². The van der Waals surface area contributed by atoms with Gasteiger partial charge in [-0.05, 0) is 31.0 Å². The Kier molecular flexibility index (Phi) is 5.20. The number of nitrogens with one attached hydrogen (secondary N) is 1. The molecular weight excluding hydrogens is 288 g/mol. The number of anilines is 1. The summed E-state index contributed by atoms with van der Waals surface area (Å²) in [7, 11) is -3.01. The summed E-state index contributed by atoms with van der Waals surface area (Å²) in [5.41, 5.74) is 6.57. The van der Waals surface area contributed by atoms with E-state index < -0.39 is 9.84 Å². The minimum absolute atomic E-state index is 0. The van der Waals surface area contributed by atoms with Crippen molar-refractivity contribution in [2.45, 2.75) is 18.9 Å². The maximum absolute atomic E-state index is 11.9. The van der Waals surface area contributed by atoms with Gasteiger partial charge in [-0.15, -0.1) is 12.4 Å². The van der Waals surface area contributed by atoms with E-state index in [0.717, 1.165) is 0 Å². The van der Waals surface area contributed by atoms with E-state index >= 15 is 0 Å². The lowest BCUT2D eigenvalue weighted by Gasteiger charge is -2.23. The van der Waals surface area contributed by atoms with Crippen LogP contribution < -0.4 is 11.1 Å². The lowest BCUT2D eigenvalue weighted by atomic mass is 10.1. The number of hydrogen-bond acceptors (Lipinski definition) is 4. The molecule has 0 radical (unpaired) electrons. The number of sulfone groups is 1. The Labute approximate surface area is 118 Å². The molecule has 0 saturated carbocycles. The fourth-order valence-corrected chi connectivity index (χ4v) is 3.72. The highest BCUT2D eigenvalue weighted by molar-refractivity contribution is 7.91. The number of benzene rings is 1. The van der Waals surface area contributed by atoms with Gasteiger partial charge in [0.2, 0.25) is 0 Å². The molecule has 7 heteroatoms. The summed E-state index contributed by atoms with van der Waals surface area (Å²) in [6.07, 6.45) is 1.30. The largest absolute Gasteiger partial charge is 0.399 e. The molecule has 0 aliphatic carbocycles. The zero-order chi connectivity index (χ0) is 13.2. The van der Waals surface area contributed by atoms with Crippen LogP contribution in [0.2, 0.25) is 0 Å². The SMILES string of the molecule is Cl.Nc1cccc(C(=O)NC2CCCS(=O)(=O)C2)c1. The smallest absolute Gasteiger partial charge is 0.251 e. The van der Waals surface area contributed by atoms with Crippen molar-refractivity contribution in [2.75, 3.05) is 17.2 Å². The Hall–Kier alpha value is -1.27. The van der Waals surface area contributed by atoms with Gasteiger partial charge in [0.1, 0.15) is 0 Å². The van der Waals surface area contributed by atoms with Crippen LogP contribution in [0.25, 0.3) is 0 Å². The van der Waals surface area contributed by atoms with Gasteiger partial charge >= 0.3 is 0 Å². The van der Waals surface area contributed by atoms with Crippen molar-refractivity contribution < 1.29 is 13.2 Å². The number of nitrogens with two attached hydrogens (primary N) is 1. The molecular formula is C12H17ClN2O3S. The van der Waals surface area contributed by atoms with Crippen molar-refractivity contribution >= 4 is 33.8 Å². The normalized spacial score (nSPS) is 21.2. The third-order valence-electron chi connectivity index (χ3n) is 2.95. The van der Waals surface area contributed by atoms with E-state index in [0.29, 0.717) is 24.1 Å². The molecule has 1 aliphatic heterocycles. The topological polar surface area (TPSA) is 89.3 Å². The number of carbonyl (C=O) groups excluding carboxylic acids is 1. The Morgan fingerprint density at radius 1 is 1.37 bits per heavy atom. The van der Waals surface area contributed by atoms with Crippen LogP contribution in [0, 0.1) is 0 Å². The fourth-order valence-electron chi connectivity index (χ4n) is 2.09. The van der Waals surface area contributed by atoms with Crippen LogP contribution in [0.1, 0.15) is 23.2 Å². The minimum atomic E-state index is -3.01. The Morgan fingerprint density at radius 2 is 2.11 bits per heavy atom. The van der Waals surface area contributed by atoms with Gasteiger partial charge in [0.05, 0.1) is 11.5 Å². The molecule has 19 heavy (non-hydrogen) atoms. The van der Waals surface area contributed by atoms with Crippen molar-refractivity contribution in [3.63, 3.8) is 0 Å². The number of rotatable bonds is 2. The first-order chi connectivity index (χ1) is 8.46. The third-order valence-corrected chi connectivity index (χ3v) is 4.77. The molecule has 2 rings (SSSR count). The van der Waals surface area contributed by atoms with Crippen LogP contribution in [0.4, 0.5) is 5.69 Å². The van der Waals surface area contributed by atoms with Crippen molar-refractivity contribution in [1.29, 1.82) is 0 Å². The predicted molar refractivity (Wildman–Crippen MR) is 77.2 cm³/mol. The molecule has 1 fully saturated rings. The molecule has 0 spiro atoms. The van der Waals surface area contributed by atoms with Gasteiger partial charge in [0.15, 0.2) is 9.84 Å². The summed E-state index contributed by atoms with van der Waals surface area (Å²) in [5, 5.41) is 2.74. The summed E-state index contributed by atoms with van der Waals surface area (Å²) in [4.78, 5) is 11.9. The van der Waals surface area contributed by atoms with Crippen LogP contribution in [-0.4, -0.2) is 31.9 Å².